The van der Waals surface area contributed by atoms with E-state index in [9.17, 15) is 8.42 Å². The molecule has 0 aliphatic carbocycles. The molecule has 0 aromatic heterocycles. The van der Waals surface area contributed by atoms with E-state index < -0.39 is 9.05 Å². The van der Waals surface area contributed by atoms with Gasteiger partial charge < -0.3 is 0 Å². The van der Waals surface area contributed by atoms with Crippen LogP contribution in [0.15, 0.2) is 29.2 Å². The monoisotopic (exact) mass is 252 g/mol. The van der Waals surface area contributed by atoms with Crippen LogP contribution < -0.4 is 0 Å². The maximum atomic E-state index is 10.9. The van der Waals surface area contributed by atoms with Crippen molar-refractivity contribution in [3.05, 3.63) is 29.8 Å². The van der Waals surface area contributed by atoms with Gasteiger partial charge in [0, 0.05) is 16.6 Å². The highest BCUT2D eigenvalue weighted by Gasteiger charge is 2.08. The quantitative estimate of drug-likeness (QED) is 0.610. The summed E-state index contributed by atoms with van der Waals surface area (Å²) in [4.78, 5) is 0.133. The molecule has 0 unspecified atom stereocenters. The smallest absolute Gasteiger partial charge is 0.207 e. The van der Waals surface area contributed by atoms with E-state index in [1.165, 1.54) is 12.1 Å². The van der Waals surface area contributed by atoms with Crippen molar-refractivity contribution in [3.63, 3.8) is 0 Å². The van der Waals surface area contributed by atoms with Crippen LogP contribution in [0.1, 0.15) is 12.0 Å². The average Bonchev–Trinajstić information content (AvgIpc) is 2.14. The van der Waals surface area contributed by atoms with E-state index in [2.05, 4.69) is 0 Å². The van der Waals surface area contributed by atoms with Gasteiger partial charge >= 0.3 is 0 Å². The molecule has 14 heavy (non-hydrogen) atoms. The lowest BCUT2D eigenvalue weighted by Crippen LogP contribution is -1.92. The molecule has 0 heterocycles. The van der Waals surface area contributed by atoms with Crippen LogP contribution in [-0.2, 0) is 15.5 Å². The summed E-state index contributed by atoms with van der Waals surface area (Å²) < 4.78 is 21.8. The van der Waals surface area contributed by atoms with E-state index in [0.717, 1.165) is 18.4 Å². The van der Waals surface area contributed by atoms with Gasteiger partial charge in [-0.3, -0.25) is 0 Å². The zero-order valence-corrected chi connectivity index (χ0v) is 9.74. The van der Waals surface area contributed by atoms with Crippen LogP contribution >= 0.6 is 22.3 Å². The minimum Gasteiger partial charge on any atom is -0.207 e. The van der Waals surface area contributed by atoms with Crippen LogP contribution in [-0.4, -0.2) is 14.3 Å². The zero-order valence-electron chi connectivity index (χ0n) is 7.41. The van der Waals surface area contributed by atoms with Crippen molar-refractivity contribution >= 4 is 31.3 Å². The number of hydrogen-bond acceptors (Lipinski definition) is 2. The molecule has 0 aliphatic heterocycles. The number of rotatable bonds is 4. The van der Waals surface area contributed by atoms with Gasteiger partial charge in [0.2, 0.25) is 0 Å². The van der Waals surface area contributed by atoms with Crippen LogP contribution in [0.4, 0.5) is 0 Å². The summed E-state index contributed by atoms with van der Waals surface area (Å²) in [5, 5.41) is 0. The fourth-order valence-corrected chi connectivity index (χ4v) is 1.99. The fourth-order valence-electron chi connectivity index (χ4n) is 1.09. The molecule has 0 saturated carbocycles. The molecule has 0 saturated heterocycles. The number of alkyl halides is 1. The van der Waals surface area contributed by atoms with Crippen LogP contribution in [0.25, 0.3) is 0 Å². The van der Waals surface area contributed by atoms with Gasteiger partial charge in [0.1, 0.15) is 0 Å². The SMILES string of the molecule is O=S(=O)(Cl)c1ccc(CCCCl)cc1. The molecule has 0 radical (unpaired) electrons. The molecule has 0 bridgehead atoms. The van der Waals surface area contributed by atoms with Gasteiger partial charge in [0.15, 0.2) is 0 Å². The van der Waals surface area contributed by atoms with E-state index in [1.54, 1.807) is 12.1 Å². The molecule has 2 nitrogen and oxygen atoms in total. The number of hydrogen-bond donors (Lipinski definition) is 0. The van der Waals surface area contributed by atoms with Gasteiger partial charge in [-0.2, -0.15) is 0 Å². The van der Waals surface area contributed by atoms with Crippen molar-refractivity contribution in [1.82, 2.24) is 0 Å². The first-order chi connectivity index (χ1) is 6.54. The maximum absolute atomic E-state index is 10.9. The standard InChI is InChI=1S/C9H10Cl2O2S/c10-7-1-2-8-3-5-9(6-4-8)14(11,12)13/h3-6H,1-2,7H2. The first kappa shape index (κ1) is 11.8. The van der Waals surface area contributed by atoms with Crippen molar-refractivity contribution in [2.75, 3.05) is 5.88 Å². The molecule has 1 aromatic rings. The molecule has 0 N–H and O–H groups in total. The number of aryl methyl sites for hydroxylation is 1. The first-order valence-electron chi connectivity index (χ1n) is 4.13. The Morgan fingerprint density at radius 1 is 1.14 bits per heavy atom. The number of halogens is 2. The Bertz CT molecular complexity index is 384. The second-order valence-electron chi connectivity index (χ2n) is 2.87. The molecular formula is C9H10Cl2O2S. The lowest BCUT2D eigenvalue weighted by Gasteiger charge is -2.00. The summed E-state index contributed by atoms with van der Waals surface area (Å²) >= 11 is 5.54. The molecule has 0 amide bonds. The topological polar surface area (TPSA) is 34.1 Å². The minimum absolute atomic E-state index is 0.133. The predicted molar refractivity (Wildman–Crippen MR) is 58.5 cm³/mol. The highest BCUT2D eigenvalue weighted by Crippen LogP contribution is 2.15. The Morgan fingerprint density at radius 2 is 1.71 bits per heavy atom. The molecule has 1 rings (SSSR count). The van der Waals surface area contributed by atoms with Gasteiger partial charge in [0.05, 0.1) is 4.90 Å². The van der Waals surface area contributed by atoms with E-state index in [0.29, 0.717) is 5.88 Å². The third-order valence-electron chi connectivity index (χ3n) is 1.80. The van der Waals surface area contributed by atoms with E-state index in [-0.39, 0.29) is 4.90 Å². The van der Waals surface area contributed by atoms with E-state index in [4.69, 9.17) is 22.3 Å². The molecule has 0 aliphatic rings. The van der Waals surface area contributed by atoms with Crippen molar-refractivity contribution in [2.45, 2.75) is 17.7 Å². The largest absolute Gasteiger partial charge is 0.261 e. The molecule has 0 spiro atoms. The van der Waals surface area contributed by atoms with Crippen molar-refractivity contribution in [3.8, 4) is 0 Å². The van der Waals surface area contributed by atoms with Gasteiger partial charge in [0.25, 0.3) is 9.05 Å². The summed E-state index contributed by atoms with van der Waals surface area (Å²) in [6, 6.07) is 6.52. The predicted octanol–water partition coefficient (Wildman–Crippen LogP) is 2.79. The molecule has 0 atom stereocenters. The van der Waals surface area contributed by atoms with Gasteiger partial charge in [-0.25, -0.2) is 8.42 Å². The van der Waals surface area contributed by atoms with Crippen molar-refractivity contribution in [1.29, 1.82) is 0 Å². The molecule has 0 fully saturated rings. The van der Waals surface area contributed by atoms with Crippen LogP contribution in [0.5, 0.6) is 0 Å². The summed E-state index contributed by atoms with van der Waals surface area (Å²) in [5.41, 5.74) is 1.06. The summed E-state index contributed by atoms with van der Waals surface area (Å²) in [6.45, 7) is 0. The fraction of sp³-hybridized carbons (Fsp3) is 0.333. The normalized spacial score (nSPS) is 11.6. The van der Waals surface area contributed by atoms with Gasteiger partial charge in [-0.1, -0.05) is 12.1 Å². The van der Waals surface area contributed by atoms with Crippen LogP contribution in [0, 0.1) is 0 Å². The van der Waals surface area contributed by atoms with Crippen molar-refractivity contribution in [2.24, 2.45) is 0 Å². The number of benzene rings is 1. The highest BCUT2D eigenvalue weighted by atomic mass is 35.7. The highest BCUT2D eigenvalue weighted by molar-refractivity contribution is 8.13. The lowest BCUT2D eigenvalue weighted by atomic mass is 10.1. The van der Waals surface area contributed by atoms with Gasteiger partial charge in [-0.05, 0) is 30.5 Å². The van der Waals surface area contributed by atoms with Crippen molar-refractivity contribution < 1.29 is 8.42 Å². The average molecular weight is 253 g/mol. The van der Waals surface area contributed by atoms with Gasteiger partial charge in [-0.15, -0.1) is 11.6 Å². The van der Waals surface area contributed by atoms with Crippen LogP contribution in [0.3, 0.4) is 0 Å². The summed E-state index contributed by atoms with van der Waals surface area (Å²) in [5.74, 6) is 0.607. The second-order valence-corrected chi connectivity index (χ2v) is 5.82. The Morgan fingerprint density at radius 3 is 2.14 bits per heavy atom. The van der Waals surface area contributed by atoms with Crippen LogP contribution in [0.2, 0.25) is 0 Å². The Balaban J connectivity index is 2.79. The lowest BCUT2D eigenvalue weighted by molar-refractivity contribution is 0.609. The Hall–Kier alpha value is -0.250. The zero-order chi connectivity index (χ0) is 10.6. The molecular weight excluding hydrogens is 243 g/mol. The Labute approximate surface area is 93.3 Å². The second kappa shape index (κ2) is 5.01. The third-order valence-corrected chi connectivity index (χ3v) is 3.44. The maximum Gasteiger partial charge on any atom is 0.261 e. The first-order valence-corrected chi connectivity index (χ1v) is 6.98. The molecule has 78 valence electrons. The summed E-state index contributed by atoms with van der Waals surface area (Å²) in [6.07, 6.45) is 1.74. The summed E-state index contributed by atoms with van der Waals surface area (Å²) in [7, 11) is 1.57. The van der Waals surface area contributed by atoms with E-state index in [1.807, 2.05) is 0 Å². The third kappa shape index (κ3) is 3.48. The van der Waals surface area contributed by atoms with E-state index >= 15 is 0 Å². The molecule has 5 heteroatoms. The molecule has 1 aromatic carbocycles. The minimum atomic E-state index is -3.59. The Kier molecular flexibility index (Phi) is 4.23.